The molecule has 0 heterocycles. The predicted molar refractivity (Wildman–Crippen MR) is 96.8 cm³/mol. The first-order valence-electron chi connectivity index (χ1n) is 8.47. The van der Waals surface area contributed by atoms with Crippen LogP contribution in [0.3, 0.4) is 0 Å². The number of amides is 1. The predicted octanol–water partition coefficient (Wildman–Crippen LogP) is 4.34. The number of hydrogen-bond donors (Lipinski definition) is 2. The number of nitrogens with one attached hydrogen (secondary N) is 2. The van der Waals surface area contributed by atoms with E-state index in [1.54, 1.807) is 25.1 Å². The van der Waals surface area contributed by atoms with Crippen LogP contribution in [0, 0.1) is 17.5 Å². The molecular weight excluding hydrogens is 361 g/mol. The van der Waals surface area contributed by atoms with Crippen molar-refractivity contribution in [3.63, 3.8) is 0 Å². The van der Waals surface area contributed by atoms with E-state index in [1.165, 1.54) is 0 Å². The van der Waals surface area contributed by atoms with Gasteiger partial charge < -0.3 is 20.1 Å². The van der Waals surface area contributed by atoms with Crippen molar-refractivity contribution >= 4 is 17.3 Å². The van der Waals surface area contributed by atoms with Crippen LogP contribution >= 0.6 is 0 Å². The highest BCUT2D eigenvalue weighted by Gasteiger charge is 2.19. The Labute approximate surface area is 155 Å². The molecule has 146 valence electrons. The molecule has 0 fully saturated rings. The Morgan fingerprint density at radius 2 is 1.67 bits per heavy atom. The lowest BCUT2D eigenvalue weighted by Crippen LogP contribution is -2.32. The zero-order valence-electron chi connectivity index (χ0n) is 15.2. The van der Waals surface area contributed by atoms with Gasteiger partial charge in [0.05, 0.1) is 18.9 Å². The molecule has 0 aromatic heterocycles. The molecule has 2 aromatic carbocycles. The number of rotatable bonds is 8. The Bertz CT molecular complexity index is 815. The molecule has 1 atom stereocenters. The van der Waals surface area contributed by atoms with Crippen molar-refractivity contribution in [1.82, 2.24) is 0 Å². The van der Waals surface area contributed by atoms with E-state index < -0.39 is 35.1 Å². The van der Waals surface area contributed by atoms with Crippen molar-refractivity contribution in [3.05, 3.63) is 47.8 Å². The molecule has 2 N–H and O–H groups in total. The van der Waals surface area contributed by atoms with Gasteiger partial charge in [0, 0.05) is 11.8 Å². The van der Waals surface area contributed by atoms with E-state index >= 15 is 0 Å². The van der Waals surface area contributed by atoms with E-state index in [1.807, 2.05) is 13.8 Å². The lowest BCUT2D eigenvalue weighted by molar-refractivity contribution is -0.116. The van der Waals surface area contributed by atoms with Crippen LogP contribution in [0.2, 0.25) is 0 Å². The molecule has 8 heteroatoms. The van der Waals surface area contributed by atoms with Gasteiger partial charge in [0.1, 0.15) is 6.04 Å². The van der Waals surface area contributed by atoms with E-state index in [0.29, 0.717) is 30.4 Å². The molecule has 0 bridgehead atoms. The summed E-state index contributed by atoms with van der Waals surface area (Å²) in [5.74, 6) is -3.94. The van der Waals surface area contributed by atoms with Crippen molar-refractivity contribution in [3.8, 4) is 11.5 Å². The number of carbonyl (C=O) groups excluding carboxylic acids is 1. The molecule has 0 aliphatic carbocycles. The Morgan fingerprint density at radius 1 is 1.00 bits per heavy atom. The smallest absolute Gasteiger partial charge is 0.246 e. The van der Waals surface area contributed by atoms with Gasteiger partial charge >= 0.3 is 0 Å². The van der Waals surface area contributed by atoms with E-state index in [9.17, 15) is 18.0 Å². The molecule has 0 unspecified atom stereocenters. The minimum atomic E-state index is -1.64. The first-order valence-corrected chi connectivity index (χ1v) is 8.47. The summed E-state index contributed by atoms with van der Waals surface area (Å²) in [7, 11) is 0. The van der Waals surface area contributed by atoms with Crippen molar-refractivity contribution in [2.24, 2.45) is 0 Å². The average Bonchev–Trinajstić information content (AvgIpc) is 2.64. The maximum Gasteiger partial charge on any atom is 0.246 e. The van der Waals surface area contributed by atoms with Gasteiger partial charge in [-0.2, -0.15) is 0 Å². The van der Waals surface area contributed by atoms with Gasteiger partial charge in [-0.1, -0.05) is 0 Å². The fourth-order valence-electron chi connectivity index (χ4n) is 2.32. The van der Waals surface area contributed by atoms with E-state index in [4.69, 9.17) is 9.47 Å². The first-order chi connectivity index (χ1) is 12.9. The van der Waals surface area contributed by atoms with Crippen LogP contribution in [0.1, 0.15) is 20.8 Å². The molecule has 1 amide bonds. The monoisotopic (exact) mass is 382 g/mol. The SMILES string of the molecule is CCOc1ccc(N[C@H](C)C(=O)Nc2ccc(F)c(F)c2F)cc1OCC. The molecule has 0 radical (unpaired) electrons. The topological polar surface area (TPSA) is 59.6 Å². The van der Waals surface area contributed by atoms with Gasteiger partial charge in [-0.3, -0.25) is 4.79 Å². The number of hydrogen-bond acceptors (Lipinski definition) is 4. The van der Waals surface area contributed by atoms with Crippen molar-refractivity contribution < 1.29 is 27.4 Å². The molecule has 0 saturated carbocycles. The highest BCUT2D eigenvalue weighted by Crippen LogP contribution is 2.31. The number of carbonyl (C=O) groups is 1. The third kappa shape index (κ3) is 5.06. The molecule has 2 aromatic rings. The maximum atomic E-state index is 13.7. The van der Waals surface area contributed by atoms with Crippen LogP contribution in [0.5, 0.6) is 11.5 Å². The molecule has 27 heavy (non-hydrogen) atoms. The molecule has 0 spiro atoms. The Kier molecular flexibility index (Phi) is 6.92. The van der Waals surface area contributed by atoms with E-state index in [-0.39, 0.29) is 0 Å². The van der Waals surface area contributed by atoms with Crippen LogP contribution < -0.4 is 20.1 Å². The Hall–Kier alpha value is -2.90. The largest absolute Gasteiger partial charge is 0.490 e. The number of benzene rings is 2. The minimum Gasteiger partial charge on any atom is -0.490 e. The average molecular weight is 382 g/mol. The number of anilines is 2. The third-order valence-corrected chi connectivity index (χ3v) is 3.61. The van der Waals surface area contributed by atoms with Gasteiger partial charge in [0.25, 0.3) is 0 Å². The van der Waals surface area contributed by atoms with Gasteiger partial charge in [-0.15, -0.1) is 0 Å². The molecule has 5 nitrogen and oxygen atoms in total. The molecule has 0 aliphatic rings. The van der Waals surface area contributed by atoms with Crippen molar-refractivity contribution in [1.29, 1.82) is 0 Å². The highest BCUT2D eigenvalue weighted by molar-refractivity contribution is 5.96. The summed E-state index contributed by atoms with van der Waals surface area (Å²) >= 11 is 0. The zero-order chi connectivity index (χ0) is 20.0. The Morgan fingerprint density at radius 3 is 2.33 bits per heavy atom. The fourth-order valence-corrected chi connectivity index (χ4v) is 2.32. The molecule has 0 aliphatic heterocycles. The summed E-state index contributed by atoms with van der Waals surface area (Å²) < 4.78 is 50.9. The van der Waals surface area contributed by atoms with Crippen LogP contribution in [0.25, 0.3) is 0 Å². The van der Waals surface area contributed by atoms with Gasteiger partial charge in [0.15, 0.2) is 29.0 Å². The number of ether oxygens (including phenoxy) is 2. The maximum absolute atomic E-state index is 13.7. The van der Waals surface area contributed by atoms with Crippen LogP contribution in [0.4, 0.5) is 24.5 Å². The normalized spacial score (nSPS) is 11.6. The summed E-state index contributed by atoms with van der Waals surface area (Å²) in [6, 6.07) is 6.00. The van der Waals surface area contributed by atoms with Crippen LogP contribution in [-0.2, 0) is 4.79 Å². The van der Waals surface area contributed by atoms with Gasteiger partial charge in [0.2, 0.25) is 5.91 Å². The number of halogens is 3. The van der Waals surface area contributed by atoms with Gasteiger partial charge in [-0.05, 0) is 45.0 Å². The summed E-state index contributed by atoms with van der Waals surface area (Å²) in [5, 5.41) is 5.17. The summed E-state index contributed by atoms with van der Waals surface area (Å²) in [4.78, 5) is 12.2. The van der Waals surface area contributed by atoms with Gasteiger partial charge in [-0.25, -0.2) is 13.2 Å². The van der Waals surface area contributed by atoms with Crippen molar-refractivity contribution in [2.45, 2.75) is 26.8 Å². The standard InChI is InChI=1S/C19H21F3N2O3/c1-4-26-15-9-6-12(10-16(15)27-5-2)23-11(3)19(25)24-14-8-7-13(20)17(21)18(14)22/h6-11,23H,4-5H2,1-3H3,(H,24,25)/t11-/m1/s1. The van der Waals surface area contributed by atoms with Crippen LogP contribution in [-0.4, -0.2) is 25.2 Å². The van der Waals surface area contributed by atoms with Crippen LogP contribution in [0.15, 0.2) is 30.3 Å². The molecule has 0 saturated heterocycles. The summed E-state index contributed by atoms with van der Waals surface area (Å²) in [5.41, 5.74) is 0.143. The minimum absolute atomic E-state index is 0.436. The third-order valence-electron chi connectivity index (χ3n) is 3.61. The highest BCUT2D eigenvalue weighted by atomic mass is 19.2. The summed E-state index contributed by atoms with van der Waals surface area (Å²) in [6.07, 6.45) is 0. The quantitative estimate of drug-likeness (QED) is 0.667. The lowest BCUT2D eigenvalue weighted by atomic mass is 10.2. The summed E-state index contributed by atoms with van der Waals surface area (Å²) in [6.45, 7) is 6.15. The first kappa shape index (κ1) is 20.4. The second-order valence-electron chi connectivity index (χ2n) is 5.61. The second-order valence-corrected chi connectivity index (χ2v) is 5.61. The fraction of sp³-hybridized carbons (Fsp3) is 0.316. The second kappa shape index (κ2) is 9.16. The molecule has 2 rings (SSSR count). The van der Waals surface area contributed by atoms with Crippen molar-refractivity contribution in [2.75, 3.05) is 23.8 Å². The molecular formula is C19H21F3N2O3. The Balaban J connectivity index is 2.10. The van der Waals surface area contributed by atoms with E-state index in [2.05, 4.69) is 10.6 Å². The van der Waals surface area contributed by atoms with E-state index in [0.717, 1.165) is 12.1 Å². The lowest BCUT2D eigenvalue weighted by Gasteiger charge is -2.18. The zero-order valence-corrected chi connectivity index (χ0v) is 15.2.